The molecule has 9 heteroatoms. The summed E-state index contributed by atoms with van der Waals surface area (Å²) in [4.78, 5) is 25.1. The van der Waals surface area contributed by atoms with Crippen LogP contribution in [0.15, 0.2) is 65.7 Å². The predicted octanol–water partition coefficient (Wildman–Crippen LogP) is 3.55. The number of sulfonamides is 1. The Labute approximate surface area is 197 Å². The molecule has 1 heterocycles. The topological polar surface area (TPSA) is 95.6 Å². The molecule has 2 aromatic carbocycles. The van der Waals surface area contributed by atoms with Crippen LogP contribution in [0.25, 0.3) is 0 Å². The van der Waals surface area contributed by atoms with Gasteiger partial charge in [0, 0.05) is 30.0 Å². The SMILES string of the molecule is C=CCNC(=O)c1ccccc1NC(=O)C1CCN(S(=O)(=O)Cc2cccc(Br)c2)CC1. The third-order valence-electron chi connectivity index (χ3n) is 5.29. The first-order chi connectivity index (χ1) is 15.3. The zero-order chi connectivity index (χ0) is 23.1. The van der Waals surface area contributed by atoms with Crippen LogP contribution >= 0.6 is 15.9 Å². The van der Waals surface area contributed by atoms with E-state index in [1.165, 1.54) is 4.31 Å². The maximum absolute atomic E-state index is 12.8. The van der Waals surface area contributed by atoms with Crippen molar-refractivity contribution in [2.75, 3.05) is 25.0 Å². The molecule has 0 atom stereocenters. The molecule has 170 valence electrons. The van der Waals surface area contributed by atoms with E-state index in [1.807, 2.05) is 6.07 Å². The number of anilines is 1. The highest BCUT2D eigenvalue weighted by molar-refractivity contribution is 9.10. The van der Waals surface area contributed by atoms with E-state index in [9.17, 15) is 18.0 Å². The lowest BCUT2D eigenvalue weighted by Crippen LogP contribution is -2.42. The summed E-state index contributed by atoms with van der Waals surface area (Å²) in [6.45, 7) is 4.48. The van der Waals surface area contributed by atoms with Crippen LogP contribution in [-0.2, 0) is 20.6 Å². The summed E-state index contributed by atoms with van der Waals surface area (Å²) in [5.41, 5.74) is 1.52. The van der Waals surface area contributed by atoms with Gasteiger partial charge in [-0.2, -0.15) is 0 Å². The zero-order valence-electron chi connectivity index (χ0n) is 17.6. The van der Waals surface area contributed by atoms with Crippen molar-refractivity contribution in [2.24, 2.45) is 5.92 Å². The molecule has 0 unspecified atom stereocenters. The molecule has 2 aromatic rings. The number of nitrogens with one attached hydrogen (secondary N) is 2. The summed E-state index contributed by atoms with van der Waals surface area (Å²) in [6.07, 6.45) is 2.43. The van der Waals surface area contributed by atoms with Gasteiger partial charge in [-0.25, -0.2) is 12.7 Å². The standard InChI is InChI=1S/C23H26BrN3O4S/c1-2-12-25-23(29)20-8-3-4-9-21(20)26-22(28)18-10-13-27(14-11-18)32(30,31)16-17-6-5-7-19(24)15-17/h2-9,15,18H,1,10-14,16H2,(H,25,29)(H,26,28). The molecule has 0 saturated carbocycles. The van der Waals surface area contributed by atoms with Crippen LogP contribution in [0.1, 0.15) is 28.8 Å². The van der Waals surface area contributed by atoms with Gasteiger partial charge in [-0.3, -0.25) is 9.59 Å². The predicted molar refractivity (Wildman–Crippen MR) is 129 cm³/mol. The van der Waals surface area contributed by atoms with Gasteiger partial charge < -0.3 is 10.6 Å². The number of hydrogen-bond acceptors (Lipinski definition) is 4. The number of carbonyl (C=O) groups excluding carboxylic acids is 2. The number of amides is 2. The molecule has 0 spiro atoms. The van der Waals surface area contributed by atoms with Crippen molar-refractivity contribution >= 4 is 43.5 Å². The molecule has 7 nitrogen and oxygen atoms in total. The van der Waals surface area contributed by atoms with E-state index in [0.29, 0.717) is 36.2 Å². The maximum Gasteiger partial charge on any atom is 0.253 e. The Morgan fingerprint density at radius 3 is 2.53 bits per heavy atom. The number of halogens is 1. The van der Waals surface area contributed by atoms with Gasteiger partial charge in [-0.15, -0.1) is 6.58 Å². The smallest absolute Gasteiger partial charge is 0.253 e. The molecule has 1 aliphatic heterocycles. The normalized spacial score (nSPS) is 15.2. The molecule has 0 radical (unpaired) electrons. The van der Waals surface area contributed by atoms with Crippen molar-refractivity contribution in [3.05, 3.63) is 76.8 Å². The Morgan fingerprint density at radius 1 is 1.12 bits per heavy atom. The molecule has 0 aromatic heterocycles. The maximum atomic E-state index is 12.8. The second-order valence-electron chi connectivity index (χ2n) is 7.59. The molecule has 1 fully saturated rings. The highest BCUT2D eigenvalue weighted by Gasteiger charge is 2.31. The van der Waals surface area contributed by atoms with Crippen LogP contribution in [0.3, 0.4) is 0 Å². The Kier molecular flexibility index (Phi) is 8.22. The molecule has 2 N–H and O–H groups in total. The molecule has 32 heavy (non-hydrogen) atoms. The van der Waals surface area contributed by atoms with Crippen molar-refractivity contribution in [3.8, 4) is 0 Å². The molecule has 1 aliphatic rings. The van der Waals surface area contributed by atoms with Crippen molar-refractivity contribution < 1.29 is 18.0 Å². The minimum atomic E-state index is -3.47. The fourth-order valence-electron chi connectivity index (χ4n) is 3.61. The first-order valence-electron chi connectivity index (χ1n) is 10.3. The average Bonchev–Trinajstić information content (AvgIpc) is 2.77. The summed E-state index contributed by atoms with van der Waals surface area (Å²) >= 11 is 3.36. The fraction of sp³-hybridized carbons (Fsp3) is 0.304. The van der Waals surface area contributed by atoms with Gasteiger partial charge in [0.2, 0.25) is 15.9 Å². The van der Waals surface area contributed by atoms with E-state index in [4.69, 9.17) is 0 Å². The van der Waals surface area contributed by atoms with E-state index in [0.717, 1.165) is 4.47 Å². The number of piperidine rings is 1. The van der Waals surface area contributed by atoms with E-state index in [2.05, 4.69) is 33.1 Å². The lowest BCUT2D eigenvalue weighted by atomic mass is 9.97. The van der Waals surface area contributed by atoms with E-state index in [1.54, 1.807) is 48.5 Å². The van der Waals surface area contributed by atoms with Gasteiger partial charge in [0.25, 0.3) is 5.91 Å². The number of rotatable bonds is 8. The molecular weight excluding hydrogens is 494 g/mol. The summed E-state index contributed by atoms with van der Waals surface area (Å²) < 4.78 is 27.9. The summed E-state index contributed by atoms with van der Waals surface area (Å²) in [5.74, 6) is -0.903. The molecule has 0 aliphatic carbocycles. The van der Waals surface area contributed by atoms with Gasteiger partial charge in [0.15, 0.2) is 0 Å². The van der Waals surface area contributed by atoms with Gasteiger partial charge in [-0.05, 0) is 42.7 Å². The van der Waals surface area contributed by atoms with Crippen molar-refractivity contribution in [2.45, 2.75) is 18.6 Å². The number of benzene rings is 2. The quantitative estimate of drug-likeness (QED) is 0.521. The van der Waals surface area contributed by atoms with Crippen molar-refractivity contribution in [1.29, 1.82) is 0 Å². The van der Waals surface area contributed by atoms with E-state index < -0.39 is 10.0 Å². The number of para-hydroxylation sites is 1. The molecule has 1 saturated heterocycles. The number of nitrogens with zero attached hydrogens (tertiary/aromatic N) is 1. The van der Waals surface area contributed by atoms with Crippen LogP contribution < -0.4 is 10.6 Å². The highest BCUT2D eigenvalue weighted by atomic mass is 79.9. The number of carbonyl (C=O) groups is 2. The molecule has 3 rings (SSSR count). The first kappa shape index (κ1) is 24.2. The zero-order valence-corrected chi connectivity index (χ0v) is 20.0. The fourth-order valence-corrected chi connectivity index (χ4v) is 5.61. The van der Waals surface area contributed by atoms with E-state index >= 15 is 0 Å². The third-order valence-corrected chi connectivity index (χ3v) is 7.64. The largest absolute Gasteiger partial charge is 0.349 e. The summed E-state index contributed by atoms with van der Waals surface area (Å²) in [7, 11) is -3.47. The Hall–Kier alpha value is -2.49. The lowest BCUT2D eigenvalue weighted by Gasteiger charge is -2.30. The van der Waals surface area contributed by atoms with Gasteiger partial charge in [-0.1, -0.05) is 46.3 Å². The molecule has 2 amide bonds. The average molecular weight is 520 g/mol. The minimum Gasteiger partial charge on any atom is -0.349 e. The monoisotopic (exact) mass is 519 g/mol. The Balaban J connectivity index is 1.59. The van der Waals surface area contributed by atoms with Gasteiger partial charge >= 0.3 is 0 Å². The Bertz CT molecular complexity index is 1100. The molecule has 0 bridgehead atoms. The second-order valence-corrected chi connectivity index (χ2v) is 10.5. The van der Waals surface area contributed by atoms with Crippen LogP contribution in [0, 0.1) is 5.92 Å². The van der Waals surface area contributed by atoms with Crippen molar-refractivity contribution in [3.63, 3.8) is 0 Å². The Morgan fingerprint density at radius 2 is 1.84 bits per heavy atom. The van der Waals surface area contributed by atoms with Gasteiger partial charge in [0.1, 0.15) is 0 Å². The van der Waals surface area contributed by atoms with Crippen LogP contribution in [0.4, 0.5) is 5.69 Å². The minimum absolute atomic E-state index is 0.0729. The van der Waals surface area contributed by atoms with E-state index in [-0.39, 0.29) is 36.6 Å². The van der Waals surface area contributed by atoms with Crippen LogP contribution in [0.2, 0.25) is 0 Å². The number of hydrogen-bond donors (Lipinski definition) is 2. The molecular formula is C23H26BrN3O4S. The van der Waals surface area contributed by atoms with Crippen molar-refractivity contribution in [1.82, 2.24) is 9.62 Å². The second kappa shape index (κ2) is 10.9. The first-order valence-corrected chi connectivity index (χ1v) is 12.7. The van der Waals surface area contributed by atoms with Crippen LogP contribution in [-0.4, -0.2) is 44.2 Å². The summed E-state index contributed by atoms with van der Waals surface area (Å²) in [5, 5.41) is 5.54. The van der Waals surface area contributed by atoms with Crippen LogP contribution in [0.5, 0.6) is 0 Å². The third kappa shape index (κ3) is 6.27. The van der Waals surface area contributed by atoms with Gasteiger partial charge in [0.05, 0.1) is 17.0 Å². The summed E-state index contributed by atoms with van der Waals surface area (Å²) in [6, 6.07) is 14.0. The highest BCUT2D eigenvalue weighted by Crippen LogP contribution is 2.25. The lowest BCUT2D eigenvalue weighted by molar-refractivity contribution is -0.120.